The van der Waals surface area contributed by atoms with Crippen LogP contribution in [0.25, 0.3) is 0 Å². The maximum Gasteiger partial charge on any atom is 0.256 e. The summed E-state index contributed by atoms with van der Waals surface area (Å²) < 4.78 is 1.67. The third kappa shape index (κ3) is 3.04. The predicted octanol–water partition coefficient (Wildman–Crippen LogP) is 4.66. The zero-order chi connectivity index (χ0) is 14.9. The smallest absolute Gasteiger partial charge is 0.256 e. The minimum Gasteiger partial charge on any atom is -0.398 e. The molecule has 0 aliphatic rings. The van der Waals surface area contributed by atoms with E-state index in [9.17, 15) is 4.79 Å². The molecule has 5 heteroatoms. The summed E-state index contributed by atoms with van der Waals surface area (Å²) in [5.74, 6) is -0.181. The van der Waals surface area contributed by atoms with Crippen molar-refractivity contribution in [3.05, 3.63) is 56.0 Å². The van der Waals surface area contributed by atoms with Gasteiger partial charge in [0.25, 0.3) is 5.91 Å². The molecule has 2 aromatic carbocycles. The van der Waals surface area contributed by atoms with Gasteiger partial charge in [-0.25, -0.2) is 0 Å². The zero-order valence-corrected chi connectivity index (χ0v) is 14.3. The number of carbonyl (C=O) groups is 1. The topological polar surface area (TPSA) is 55.1 Å². The van der Waals surface area contributed by atoms with Crippen molar-refractivity contribution < 1.29 is 4.79 Å². The van der Waals surface area contributed by atoms with E-state index in [-0.39, 0.29) is 5.91 Å². The third-order valence-electron chi connectivity index (χ3n) is 3.05. The van der Waals surface area contributed by atoms with Crippen molar-refractivity contribution >= 4 is 49.1 Å². The molecule has 0 radical (unpaired) electrons. The molecule has 3 N–H and O–H groups in total. The Balaban J connectivity index is 2.36. The Morgan fingerprint density at radius 2 is 1.75 bits per heavy atom. The normalized spacial score (nSPS) is 10.4. The first-order valence-corrected chi connectivity index (χ1v) is 7.61. The fraction of sp³-hybridized carbons (Fsp3) is 0.133. The summed E-state index contributed by atoms with van der Waals surface area (Å²) >= 11 is 6.93. The van der Waals surface area contributed by atoms with E-state index in [2.05, 4.69) is 37.2 Å². The second-order valence-corrected chi connectivity index (χ2v) is 6.29. The Morgan fingerprint density at radius 3 is 2.35 bits per heavy atom. The number of nitrogen functional groups attached to an aromatic ring is 1. The van der Waals surface area contributed by atoms with Crippen molar-refractivity contribution in [2.75, 3.05) is 11.1 Å². The molecule has 1 amide bonds. The number of halogens is 2. The molecular formula is C15H14Br2N2O. The SMILES string of the molecule is Cc1cc(Br)c(NC(=O)c2cccc(N)c2C)c(Br)c1. The van der Waals surface area contributed by atoms with Crippen LogP contribution in [0.15, 0.2) is 39.3 Å². The summed E-state index contributed by atoms with van der Waals surface area (Å²) in [4.78, 5) is 12.4. The van der Waals surface area contributed by atoms with Gasteiger partial charge in [0.1, 0.15) is 0 Å². The van der Waals surface area contributed by atoms with E-state index in [1.165, 1.54) is 0 Å². The largest absolute Gasteiger partial charge is 0.398 e. The Bertz CT molecular complexity index is 661. The molecule has 0 aliphatic carbocycles. The van der Waals surface area contributed by atoms with Crippen LogP contribution in [-0.2, 0) is 0 Å². The maximum atomic E-state index is 12.4. The van der Waals surface area contributed by atoms with Crippen LogP contribution < -0.4 is 11.1 Å². The van der Waals surface area contributed by atoms with Crippen LogP contribution in [0.2, 0.25) is 0 Å². The number of benzene rings is 2. The molecule has 0 saturated carbocycles. The average Bonchev–Trinajstić information content (AvgIpc) is 2.36. The van der Waals surface area contributed by atoms with Crippen molar-refractivity contribution in [3.8, 4) is 0 Å². The molecule has 0 heterocycles. The Morgan fingerprint density at radius 1 is 1.15 bits per heavy atom. The molecule has 0 bridgehead atoms. The predicted molar refractivity (Wildman–Crippen MR) is 90.1 cm³/mol. The van der Waals surface area contributed by atoms with Crippen LogP contribution in [0.1, 0.15) is 21.5 Å². The summed E-state index contributed by atoms with van der Waals surface area (Å²) in [7, 11) is 0. The van der Waals surface area contributed by atoms with Crippen molar-refractivity contribution in [2.24, 2.45) is 0 Å². The maximum absolute atomic E-state index is 12.4. The van der Waals surface area contributed by atoms with Crippen molar-refractivity contribution in [1.82, 2.24) is 0 Å². The Hall–Kier alpha value is -1.33. The van der Waals surface area contributed by atoms with E-state index in [1.807, 2.05) is 26.0 Å². The van der Waals surface area contributed by atoms with Gasteiger partial charge in [0, 0.05) is 20.2 Å². The molecule has 0 fully saturated rings. The van der Waals surface area contributed by atoms with Gasteiger partial charge in [0.15, 0.2) is 0 Å². The van der Waals surface area contributed by atoms with E-state index < -0.39 is 0 Å². The molecular weight excluding hydrogens is 384 g/mol. The highest BCUT2D eigenvalue weighted by atomic mass is 79.9. The first-order chi connectivity index (χ1) is 9.40. The van der Waals surface area contributed by atoms with Crippen LogP contribution in [0.5, 0.6) is 0 Å². The molecule has 0 aliphatic heterocycles. The molecule has 0 aromatic heterocycles. The highest BCUT2D eigenvalue weighted by Gasteiger charge is 2.14. The van der Waals surface area contributed by atoms with E-state index in [1.54, 1.807) is 18.2 Å². The van der Waals surface area contributed by atoms with Gasteiger partial charge in [-0.05, 0) is 81.1 Å². The summed E-state index contributed by atoms with van der Waals surface area (Å²) in [5, 5.41) is 2.90. The zero-order valence-electron chi connectivity index (χ0n) is 11.1. The number of amides is 1. The average molecular weight is 398 g/mol. The third-order valence-corrected chi connectivity index (χ3v) is 4.30. The molecule has 0 saturated heterocycles. The van der Waals surface area contributed by atoms with E-state index in [0.717, 1.165) is 20.1 Å². The number of aryl methyl sites for hydroxylation is 1. The lowest BCUT2D eigenvalue weighted by Crippen LogP contribution is -2.15. The fourth-order valence-electron chi connectivity index (χ4n) is 1.90. The number of hydrogen-bond acceptors (Lipinski definition) is 2. The first-order valence-electron chi connectivity index (χ1n) is 6.02. The number of carbonyl (C=O) groups excluding carboxylic acids is 1. The van der Waals surface area contributed by atoms with Crippen LogP contribution in [0.4, 0.5) is 11.4 Å². The molecule has 0 unspecified atom stereocenters. The van der Waals surface area contributed by atoms with Crippen LogP contribution >= 0.6 is 31.9 Å². The van der Waals surface area contributed by atoms with Crippen LogP contribution in [0.3, 0.4) is 0 Å². The van der Waals surface area contributed by atoms with Gasteiger partial charge in [0.05, 0.1) is 5.69 Å². The monoisotopic (exact) mass is 396 g/mol. The molecule has 3 nitrogen and oxygen atoms in total. The summed E-state index contributed by atoms with van der Waals surface area (Å²) in [6.45, 7) is 3.83. The number of nitrogens with one attached hydrogen (secondary N) is 1. The van der Waals surface area contributed by atoms with Gasteiger partial charge in [0.2, 0.25) is 0 Å². The molecule has 2 aromatic rings. The second-order valence-electron chi connectivity index (χ2n) is 4.58. The van der Waals surface area contributed by atoms with Gasteiger partial charge in [-0.1, -0.05) is 6.07 Å². The lowest BCUT2D eigenvalue weighted by Gasteiger charge is -2.13. The molecule has 2 rings (SSSR count). The molecule has 0 atom stereocenters. The Labute approximate surface area is 134 Å². The fourth-order valence-corrected chi connectivity index (χ4v) is 3.51. The van der Waals surface area contributed by atoms with Crippen LogP contribution in [0, 0.1) is 13.8 Å². The van der Waals surface area contributed by atoms with Crippen molar-refractivity contribution in [3.63, 3.8) is 0 Å². The molecule has 0 spiro atoms. The number of rotatable bonds is 2. The van der Waals surface area contributed by atoms with E-state index >= 15 is 0 Å². The summed E-state index contributed by atoms with van der Waals surface area (Å²) in [6.07, 6.45) is 0. The summed E-state index contributed by atoms with van der Waals surface area (Å²) in [6, 6.07) is 9.22. The van der Waals surface area contributed by atoms with E-state index in [0.29, 0.717) is 16.9 Å². The lowest BCUT2D eigenvalue weighted by molar-refractivity contribution is 0.102. The van der Waals surface area contributed by atoms with Crippen molar-refractivity contribution in [2.45, 2.75) is 13.8 Å². The van der Waals surface area contributed by atoms with Crippen molar-refractivity contribution in [1.29, 1.82) is 0 Å². The standard InChI is InChI=1S/C15H14Br2N2O/c1-8-6-11(16)14(12(17)7-8)19-15(20)10-4-3-5-13(18)9(10)2/h3-7H,18H2,1-2H3,(H,19,20). The number of anilines is 2. The van der Waals surface area contributed by atoms with E-state index in [4.69, 9.17) is 5.73 Å². The summed E-state index contributed by atoms with van der Waals surface area (Å²) in [5.41, 5.74) is 9.61. The quantitative estimate of drug-likeness (QED) is 0.723. The van der Waals surface area contributed by atoms with Gasteiger partial charge in [-0.2, -0.15) is 0 Å². The van der Waals surface area contributed by atoms with Gasteiger partial charge >= 0.3 is 0 Å². The highest BCUT2D eigenvalue weighted by molar-refractivity contribution is 9.11. The number of nitrogens with two attached hydrogens (primary N) is 1. The van der Waals surface area contributed by atoms with Gasteiger partial charge in [-0.15, -0.1) is 0 Å². The lowest BCUT2D eigenvalue weighted by atomic mass is 10.1. The van der Waals surface area contributed by atoms with Gasteiger partial charge < -0.3 is 11.1 Å². The second kappa shape index (κ2) is 5.97. The molecule has 20 heavy (non-hydrogen) atoms. The molecule has 104 valence electrons. The van der Waals surface area contributed by atoms with Crippen LogP contribution in [-0.4, -0.2) is 5.91 Å². The first kappa shape index (κ1) is 15.1. The Kier molecular flexibility index (Phi) is 4.50. The highest BCUT2D eigenvalue weighted by Crippen LogP contribution is 2.33. The van der Waals surface area contributed by atoms with Gasteiger partial charge in [-0.3, -0.25) is 4.79 Å². The minimum atomic E-state index is -0.181. The minimum absolute atomic E-state index is 0.181. The number of hydrogen-bond donors (Lipinski definition) is 2.